The zero-order valence-corrected chi connectivity index (χ0v) is 15.0. The molecule has 0 aliphatic rings. The molecule has 1 N–H and O–H groups in total. The van der Waals surface area contributed by atoms with Gasteiger partial charge in [0.05, 0.1) is 10.5 Å². The van der Waals surface area contributed by atoms with E-state index in [1.54, 1.807) is 20.8 Å². The number of hydrogen-bond donors (Lipinski definition) is 1. The molecular weight excluding hydrogens is 324 g/mol. The van der Waals surface area contributed by atoms with Gasteiger partial charge >= 0.3 is 5.97 Å². The Morgan fingerprint density at radius 3 is 2.40 bits per heavy atom. The highest BCUT2D eigenvalue weighted by atomic mass is 16.6. The van der Waals surface area contributed by atoms with Gasteiger partial charge in [-0.1, -0.05) is 19.8 Å². The van der Waals surface area contributed by atoms with Gasteiger partial charge in [0.2, 0.25) is 0 Å². The largest absolute Gasteiger partial charge is 0.456 e. The average molecular weight is 346 g/mol. The molecule has 0 bridgehead atoms. The second-order valence-corrected chi connectivity index (χ2v) is 6.89. The number of carbonyl (C=O) groups excluding carboxylic acids is 2. The summed E-state index contributed by atoms with van der Waals surface area (Å²) in [5, 5.41) is 14.1. The molecule has 0 aliphatic heterocycles. The highest BCUT2D eigenvalue weighted by molar-refractivity contribution is 6.08. The molecule has 1 aromatic rings. The van der Waals surface area contributed by atoms with E-state index >= 15 is 0 Å². The molecule has 0 radical (unpaired) electrons. The first kappa shape index (κ1) is 20.2. The number of nitrogens with zero attached hydrogens (tertiary/aromatic N) is 1. The lowest BCUT2D eigenvalue weighted by Gasteiger charge is -2.20. The lowest BCUT2D eigenvalue weighted by molar-refractivity contribution is -0.385. The number of terminal acetylenes is 1. The van der Waals surface area contributed by atoms with Crippen molar-refractivity contribution in [2.45, 2.75) is 40.2 Å². The van der Waals surface area contributed by atoms with Crippen LogP contribution in [-0.4, -0.2) is 28.9 Å². The monoisotopic (exact) mass is 346 g/mol. The third kappa shape index (κ3) is 5.31. The van der Waals surface area contributed by atoms with Crippen molar-refractivity contribution in [2.75, 3.05) is 6.54 Å². The van der Waals surface area contributed by atoms with E-state index in [1.165, 1.54) is 12.1 Å². The van der Waals surface area contributed by atoms with Gasteiger partial charge in [-0.3, -0.25) is 14.9 Å². The number of nitrogens with one attached hydrogen (secondary N) is 1. The molecular formula is C18H22N2O5. The summed E-state index contributed by atoms with van der Waals surface area (Å²) < 4.78 is 5.24. The van der Waals surface area contributed by atoms with Gasteiger partial charge in [-0.05, 0) is 38.8 Å². The van der Waals surface area contributed by atoms with Crippen molar-refractivity contribution in [3.05, 3.63) is 38.9 Å². The van der Waals surface area contributed by atoms with Crippen molar-refractivity contribution in [3.63, 3.8) is 0 Å². The standard InChI is InChI=1S/C18H22N2O5/c1-7-12-8-9-13(16(21)19-10-11(2)3)14(15(12)20(23)24)17(22)25-18(4,5)6/h1,8-9,11H,10H2,2-6H3,(H,19,21). The fourth-order valence-corrected chi connectivity index (χ4v) is 2.01. The predicted octanol–water partition coefficient (Wildman–Crippen LogP) is 2.92. The molecule has 7 nitrogen and oxygen atoms in total. The van der Waals surface area contributed by atoms with Gasteiger partial charge in [0.1, 0.15) is 11.2 Å². The normalized spacial score (nSPS) is 10.9. The van der Waals surface area contributed by atoms with Crippen LogP contribution in [0.1, 0.15) is 60.9 Å². The second kappa shape index (κ2) is 7.79. The molecule has 0 heterocycles. The third-order valence-corrected chi connectivity index (χ3v) is 3.03. The van der Waals surface area contributed by atoms with Gasteiger partial charge in [0.25, 0.3) is 11.6 Å². The minimum atomic E-state index is -0.967. The Kier molecular flexibility index (Phi) is 6.29. The Labute approximate surface area is 146 Å². The smallest absolute Gasteiger partial charge is 0.346 e. The van der Waals surface area contributed by atoms with Gasteiger partial charge in [0, 0.05) is 6.54 Å². The fourth-order valence-electron chi connectivity index (χ4n) is 2.01. The molecule has 7 heteroatoms. The molecule has 0 unspecified atom stereocenters. The molecule has 0 fully saturated rings. The first-order valence-electron chi connectivity index (χ1n) is 7.77. The summed E-state index contributed by atoms with van der Waals surface area (Å²) in [6.45, 7) is 9.04. The van der Waals surface area contributed by atoms with E-state index in [0.29, 0.717) is 6.54 Å². The molecule has 0 aliphatic carbocycles. The van der Waals surface area contributed by atoms with Gasteiger partial charge in [-0.15, -0.1) is 6.42 Å². The number of hydrogen-bond acceptors (Lipinski definition) is 5. The highest BCUT2D eigenvalue weighted by Gasteiger charge is 2.33. The summed E-state index contributed by atoms with van der Waals surface area (Å²) >= 11 is 0. The van der Waals surface area contributed by atoms with E-state index in [4.69, 9.17) is 11.2 Å². The third-order valence-electron chi connectivity index (χ3n) is 3.03. The van der Waals surface area contributed by atoms with Crippen molar-refractivity contribution in [1.82, 2.24) is 5.32 Å². The van der Waals surface area contributed by atoms with Crippen molar-refractivity contribution in [3.8, 4) is 12.3 Å². The molecule has 134 valence electrons. The van der Waals surface area contributed by atoms with E-state index in [9.17, 15) is 19.7 Å². The van der Waals surface area contributed by atoms with Crippen LogP contribution in [0.4, 0.5) is 5.69 Å². The van der Waals surface area contributed by atoms with E-state index < -0.39 is 33.7 Å². The van der Waals surface area contributed by atoms with Crippen molar-refractivity contribution in [1.29, 1.82) is 0 Å². The minimum absolute atomic E-state index is 0.0914. The zero-order valence-electron chi connectivity index (χ0n) is 15.0. The number of rotatable bonds is 5. The lowest BCUT2D eigenvalue weighted by atomic mass is 9.99. The Balaban J connectivity index is 3.54. The summed E-state index contributed by atoms with van der Waals surface area (Å²) in [7, 11) is 0. The fraction of sp³-hybridized carbons (Fsp3) is 0.444. The molecule has 0 aromatic heterocycles. The summed E-state index contributed by atoms with van der Waals surface area (Å²) in [4.78, 5) is 35.7. The van der Waals surface area contributed by atoms with Crippen molar-refractivity contribution < 1.29 is 19.2 Å². The summed E-state index contributed by atoms with van der Waals surface area (Å²) in [6, 6.07) is 2.58. The minimum Gasteiger partial charge on any atom is -0.456 e. The predicted molar refractivity (Wildman–Crippen MR) is 93.4 cm³/mol. The number of nitro groups is 1. The van der Waals surface area contributed by atoms with Gasteiger partial charge in [-0.2, -0.15) is 0 Å². The van der Waals surface area contributed by atoms with Crippen LogP contribution in [0.5, 0.6) is 0 Å². The van der Waals surface area contributed by atoms with Crippen LogP contribution in [0.15, 0.2) is 12.1 Å². The number of ether oxygens (including phenoxy) is 1. The SMILES string of the molecule is C#Cc1ccc(C(=O)NCC(C)C)c(C(=O)OC(C)(C)C)c1[N+](=O)[O-]. The van der Waals surface area contributed by atoms with Crippen LogP contribution >= 0.6 is 0 Å². The summed E-state index contributed by atoms with van der Waals surface area (Å²) in [5.74, 6) is 0.782. The van der Waals surface area contributed by atoms with Crippen molar-refractivity contribution in [2.24, 2.45) is 5.92 Å². The molecule has 1 aromatic carbocycles. The Hall–Kier alpha value is -2.88. The molecule has 25 heavy (non-hydrogen) atoms. The number of nitro benzene ring substituents is 1. The molecule has 0 spiro atoms. The quantitative estimate of drug-likeness (QED) is 0.382. The van der Waals surface area contributed by atoms with Gasteiger partial charge in [0.15, 0.2) is 5.56 Å². The first-order valence-corrected chi connectivity index (χ1v) is 7.77. The lowest BCUT2D eigenvalue weighted by Crippen LogP contribution is -2.31. The Morgan fingerprint density at radius 2 is 1.96 bits per heavy atom. The van der Waals surface area contributed by atoms with Crippen LogP contribution in [0.25, 0.3) is 0 Å². The summed E-state index contributed by atoms with van der Waals surface area (Å²) in [5.41, 5.74) is -2.15. The van der Waals surface area contributed by atoms with Gasteiger partial charge in [-0.25, -0.2) is 4.79 Å². The van der Waals surface area contributed by atoms with Gasteiger partial charge < -0.3 is 10.1 Å². The van der Waals surface area contributed by atoms with Crippen LogP contribution < -0.4 is 5.32 Å². The van der Waals surface area contributed by atoms with E-state index in [1.807, 2.05) is 13.8 Å². The number of amides is 1. The number of esters is 1. The van der Waals surface area contributed by atoms with Crippen LogP contribution in [0.2, 0.25) is 0 Å². The number of benzene rings is 1. The van der Waals surface area contributed by atoms with E-state index in [2.05, 4.69) is 11.2 Å². The Morgan fingerprint density at radius 1 is 1.36 bits per heavy atom. The summed E-state index contributed by atoms with van der Waals surface area (Å²) in [6.07, 6.45) is 5.30. The molecule has 0 saturated carbocycles. The van der Waals surface area contributed by atoms with Crippen molar-refractivity contribution >= 4 is 17.6 Å². The maximum atomic E-state index is 12.5. The molecule has 0 saturated heterocycles. The van der Waals surface area contributed by atoms with Crippen LogP contribution in [0.3, 0.4) is 0 Å². The van der Waals surface area contributed by atoms with E-state index in [0.717, 1.165) is 0 Å². The molecule has 0 atom stereocenters. The first-order chi connectivity index (χ1) is 11.5. The maximum absolute atomic E-state index is 12.5. The molecule has 1 amide bonds. The maximum Gasteiger partial charge on any atom is 0.346 e. The zero-order chi connectivity index (χ0) is 19.4. The topological polar surface area (TPSA) is 98.5 Å². The highest BCUT2D eigenvalue weighted by Crippen LogP contribution is 2.29. The average Bonchev–Trinajstić information content (AvgIpc) is 2.49. The molecule has 1 rings (SSSR count). The number of carbonyl (C=O) groups is 2. The van der Waals surface area contributed by atoms with E-state index in [-0.39, 0.29) is 17.0 Å². The van der Waals surface area contributed by atoms with Crippen LogP contribution in [-0.2, 0) is 4.74 Å². The second-order valence-electron chi connectivity index (χ2n) is 6.89. The Bertz CT molecular complexity index is 739. The van der Waals surface area contributed by atoms with Crippen LogP contribution in [0, 0.1) is 28.4 Å².